The smallest absolute Gasteiger partial charge is 0.0476 e. The van der Waals surface area contributed by atoms with E-state index >= 15 is 0 Å². The quantitative estimate of drug-likeness (QED) is 0.789. The lowest BCUT2D eigenvalue weighted by Crippen LogP contribution is -2.31. The summed E-state index contributed by atoms with van der Waals surface area (Å²) in [5.41, 5.74) is 4.58. The number of aliphatic hydroxyl groups excluding tert-OH is 1. The van der Waals surface area contributed by atoms with Crippen LogP contribution in [0.5, 0.6) is 0 Å². The van der Waals surface area contributed by atoms with Crippen LogP contribution in [-0.2, 0) is 6.42 Å². The summed E-state index contributed by atoms with van der Waals surface area (Å²) in [5.74, 6) is 0. The summed E-state index contributed by atoms with van der Waals surface area (Å²) in [7, 11) is 0. The van der Waals surface area contributed by atoms with Gasteiger partial charge in [-0.05, 0) is 55.6 Å². The van der Waals surface area contributed by atoms with E-state index in [4.69, 9.17) is 0 Å². The number of hydrogen-bond donors (Lipinski definition) is 3. The average Bonchev–Trinajstić information content (AvgIpc) is 3.17. The van der Waals surface area contributed by atoms with Gasteiger partial charge in [-0.25, -0.2) is 0 Å². The monoisotopic (exact) mass is 284 g/mol. The first-order valence-electron chi connectivity index (χ1n) is 8.25. The van der Waals surface area contributed by atoms with Crippen molar-refractivity contribution in [3.63, 3.8) is 0 Å². The fraction of sp³-hybridized carbons (Fsp3) is 0.556. The van der Waals surface area contributed by atoms with Crippen LogP contribution in [0, 0.1) is 5.41 Å². The van der Waals surface area contributed by atoms with Gasteiger partial charge in [-0.3, -0.25) is 0 Å². The zero-order valence-corrected chi connectivity index (χ0v) is 12.5. The Hall–Kier alpha value is -1.32. The maximum absolute atomic E-state index is 9.20. The van der Waals surface area contributed by atoms with E-state index in [9.17, 15) is 5.11 Å². The molecule has 0 saturated heterocycles. The van der Waals surface area contributed by atoms with E-state index in [-0.39, 0.29) is 0 Å². The minimum Gasteiger partial charge on any atom is -0.396 e. The first-order valence-corrected chi connectivity index (χ1v) is 8.25. The molecule has 3 heteroatoms. The Morgan fingerprint density at radius 3 is 2.95 bits per heavy atom. The molecule has 0 bridgehead atoms. The number of hydrogen-bond acceptors (Lipinski definition) is 2. The van der Waals surface area contributed by atoms with Crippen molar-refractivity contribution in [3.8, 4) is 0 Å². The minimum absolute atomic E-state index is 0.323. The van der Waals surface area contributed by atoms with Crippen LogP contribution < -0.4 is 5.32 Å². The molecule has 0 radical (unpaired) electrons. The first-order chi connectivity index (χ1) is 10.3. The van der Waals surface area contributed by atoms with Gasteiger partial charge < -0.3 is 15.4 Å². The number of benzene rings is 1. The normalized spacial score (nSPS) is 23.2. The molecule has 3 N–H and O–H groups in total. The highest BCUT2D eigenvalue weighted by Gasteiger charge is 2.42. The second-order valence-corrected chi connectivity index (χ2v) is 6.86. The summed E-state index contributed by atoms with van der Waals surface area (Å²) in [4.78, 5) is 3.64. The van der Waals surface area contributed by atoms with E-state index < -0.39 is 0 Å². The van der Waals surface area contributed by atoms with Crippen LogP contribution in [0.1, 0.15) is 49.4 Å². The molecule has 1 fully saturated rings. The molecule has 0 aliphatic heterocycles. The van der Waals surface area contributed by atoms with Gasteiger partial charge in [-0.15, -0.1) is 0 Å². The minimum atomic E-state index is 0.323. The van der Waals surface area contributed by atoms with Crippen LogP contribution in [0.2, 0.25) is 0 Å². The number of fused-ring (bicyclic) bond motifs is 3. The van der Waals surface area contributed by atoms with Gasteiger partial charge in [0.15, 0.2) is 0 Å². The summed E-state index contributed by atoms with van der Waals surface area (Å²) >= 11 is 0. The second kappa shape index (κ2) is 5.15. The standard InChI is InChI=1S/C18H24N2O/c21-11-10-18(8-9-18)12-19-16-7-3-5-14-13-4-1-2-6-15(13)20-17(14)16/h1-2,4,6,16,19-21H,3,5,7-12H2. The first kappa shape index (κ1) is 13.4. The van der Waals surface area contributed by atoms with E-state index in [0.29, 0.717) is 18.1 Å². The molecule has 1 saturated carbocycles. The van der Waals surface area contributed by atoms with Gasteiger partial charge in [0.2, 0.25) is 0 Å². The van der Waals surface area contributed by atoms with E-state index in [0.717, 1.165) is 13.0 Å². The molecule has 3 nitrogen and oxygen atoms in total. The van der Waals surface area contributed by atoms with E-state index in [1.165, 1.54) is 54.3 Å². The lowest BCUT2D eigenvalue weighted by molar-refractivity contribution is 0.240. The Morgan fingerprint density at radius 2 is 2.14 bits per heavy atom. The van der Waals surface area contributed by atoms with Crippen molar-refractivity contribution in [1.29, 1.82) is 0 Å². The number of H-pyrrole nitrogens is 1. The number of aryl methyl sites for hydroxylation is 1. The van der Waals surface area contributed by atoms with E-state index in [2.05, 4.69) is 34.6 Å². The Labute approximate surface area is 125 Å². The van der Waals surface area contributed by atoms with E-state index in [1.54, 1.807) is 0 Å². The van der Waals surface area contributed by atoms with Crippen LogP contribution in [0.15, 0.2) is 24.3 Å². The van der Waals surface area contributed by atoms with Gasteiger partial charge in [0.25, 0.3) is 0 Å². The third-order valence-electron chi connectivity index (χ3n) is 5.44. The molecule has 1 aromatic heterocycles. The number of para-hydroxylation sites is 1. The predicted octanol–water partition coefficient (Wildman–Crippen LogP) is 3.30. The molecule has 1 unspecified atom stereocenters. The summed E-state index contributed by atoms with van der Waals surface area (Å²) in [6.45, 7) is 1.37. The molecule has 0 spiro atoms. The molecular formula is C18H24N2O. The molecule has 1 heterocycles. The van der Waals surface area contributed by atoms with Crippen molar-refractivity contribution in [2.24, 2.45) is 5.41 Å². The highest BCUT2D eigenvalue weighted by atomic mass is 16.3. The van der Waals surface area contributed by atoms with Crippen molar-refractivity contribution < 1.29 is 5.11 Å². The highest BCUT2D eigenvalue weighted by Crippen LogP contribution is 2.48. The maximum Gasteiger partial charge on any atom is 0.0476 e. The number of aromatic nitrogens is 1. The van der Waals surface area contributed by atoms with Crippen LogP contribution in [0.4, 0.5) is 0 Å². The zero-order valence-electron chi connectivity index (χ0n) is 12.5. The van der Waals surface area contributed by atoms with Gasteiger partial charge in [-0.2, -0.15) is 0 Å². The Bertz CT molecular complexity index is 642. The van der Waals surface area contributed by atoms with Crippen molar-refractivity contribution >= 4 is 10.9 Å². The topological polar surface area (TPSA) is 48.0 Å². The maximum atomic E-state index is 9.20. The molecule has 21 heavy (non-hydrogen) atoms. The average molecular weight is 284 g/mol. The summed E-state index contributed by atoms with van der Waals surface area (Å²) < 4.78 is 0. The van der Waals surface area contributed by atoms with Gasteiger partial charge in [-0.1, -0.05) is 18.2 Å². The summed E-state index contributed by atoms with van der Waals surface area (Å²) in [6, 6.07) is 9.11. The number of nitrogens with one attached hydrogen (secondary N) is 2. The molecule has 4 rings (SSSR count). The largest absolute Gasteiger partial charge is 0.396 e. The lowest BCUT2D eigenvalue weighted by atomic mass is 9.91. The highest BCUT2D eigenvalue weighted by molar-refractivity contribution is 5.85. The van der Waals surface area contributed by atoms with Crippen LogP contribution in [0.3, 0.4) is 0 Å². The fourth-order valence-corrected chi connectivity index (χ4v) is 3.89. The molecule has 0 amide bonds. The van der Waals surface area contributed by atoms with Crippen molar-refractivity contribution in [2.75, 3.05) is 13.2 Å². The van der Waals surface area contributed by atoms with Gasteiger partial charge in [0.05, 0.1) is 0 Å². The SMILES string of the molecule is OCCC1(CNC2CCCc3c2[nH]c2ccccc32)CC1. The molecule has 1 aromatic carbocycles. The summed E-state index contributed by atoms with van der Waals surface area (Å²) in [5, 5.41) is 14.4. The molecular weight excluding hydrogens is 260 g/mol. The lowest BCUT2D eigenvalue weighted by Gasteiger charge is -2.26. The molecule has 2 aliphatic rings. The molecule has 1 atom stereocenters. The third-order valence-corrected chi connectivity index (χ3v) is 5.44. The second-order valence-electron chi connectivity index (χ2n) is 6.86. The predicted molar refractivity (Wildman–Crippen MR) is 85.4 cm³/mol. The van der Waals surface area contributed by atoms with Crippen molar-refractivity contribution in [2.45, 2.75) is 44.6 Å². The van der Waals surface area contributed by atoms with E-state index in [1.807, 2.05) is 0 Å². The zero-order chi connectivity index (χ0) is 14.3. The molecule has 2 aromatic rings. The number of aliphatic hydroxyl groups is 1. The van der Waals surface area contributed by atoms with Crippen molar-refractivity contribution in [1.82, 2.24) is 10.3 Å². The summed E-state index contributed by atoms with van der Waals surface area (Å²) in [6.07, 6.45) is 7.17. The molecule has 112 valence electrons. The van der Waals surface area contributed by atoms with Crippen LogP contribution in [-0.4, -0.2) is 23.2 Å². The number of aromatic amines is 1. The van der Waals surface area contributed by atoms with Crippen molar-refractivity contribution in [3.05, 3.63) is 35.5 Å². The Kier molecular flexibility index (Phi) is 3.27. The van der Waals surface area contributed by atoms with Gasteiger partial charge in [0.1, 0.15) is 0 Å². The fourth-order valence-electron chi connectivity index (χ4n) is 3.89. The van der Waals surface area contributed by atoms with Crippen LogP contribution in [0.25, 0.3) is 10.9 Å². The Morgan fingerprint density at radius 1 is 1.29 bits per heavy atom. The molecule has 2 aliphatic carbocycles. The number of rotatable bonds is 5. The van der Waals surface area contributed by atoms with Crippen LogP contribution >= 0.6 is 0 Å². The Balaban J connectivity index is 1.56. The van der Waals surface area contributed by atoms with Gasteiger partial charge in [0, 0.05) is 35.8 Å². The third kappa shape index (κ3) is 2.39. The van der Waals surface area contributed by atoms with Gasteiger partial charge >= 0.3 is 0 Å².